The maximum absolute atomic E-state index is 12.0. The highest BCUT2D eigenvalue weighted by Crippen LogP contribution is 2.26. The number of hydrogen-bond acceptors (Lipinski definition) is 6. The number of hydrogen-bond donors (Lipinski definition) is 2. The van der Waals surface area contributed by atoms with Gasteiger partial charge in [0.2, 0.25) is 5.91 Å². The van der Waals surface area contributed by atoms with Gasteiger partial charge in [-0.1, -0.05) is 6.08 Å². The van der Waals surface area contributed by atoms with E-state index in [2.05, 4.69) is 10.3 Å². The molecule has 1 unspecified atom stereocenters. The average molecular weight is 280 g/mol. The summed E-state index contributed by atoms with van der Waals surface area (Å²) < 4.78 is 1.30. The van der Waals surface area contributed by atoms with E-state index in [0.29, 0.717) is 6.54 Å². The van der Waals surface area contributed by atoms with Gasteiger partial charge in [-0.2, -0.15) is 10.0 Å². The molecule has 8 nitrogen and oxygen atoms in total. The number of rotatable bonds is 3. The minimum atomic E-state index is -0.626. The molecule has 2 rings (SSSR count). The molecule has 1 aromatic heterocycles. The number of nitrogens with one attached hydrogen (secondary N) is 1. The highest BCUT2D eigenvalue weighted by Gasteiger charge is 2.28. The Kier molecular flexibility index (Phi) is 4.28. The Morgan fingerprint density at radius 3 is 3.05 bits per heavy atom. The SMILES string of the molecule is CC(=O)Nc1ccn(C2ON(C)C/C2=C/CO)c(=O)n1. The fourth-order valence-electron chi connectivity index (χ4n) is 1.96. The van der Waals surface area contributed by atoms with Crippen LogP contribution in [-0.2, 0) is 9.63 Å². The molecule has 0 aromatic carbocycles. The highest BCUT2D eigenvalue weighted by atomic mass is 16.7. The van der Waals surface area contributed by atoms with Gasteiger partial charge in [0.25, 0.3) is 0 Å². The molecule has 1 aliphatic heterocycles. The van der Waals surface area contributed by atoms with Gasteiger partial charge in [-0.15, -0.1) is 0 Å². The number of hydroxylamine groups is 2. The van der Waals surface area contributed by atoms with Gasteiger partial charge in [0.05, 0.1) is 6.61 Å². The van der Waals surface area contributed by atoms with Crippen LogP contribution in [0.3, 0.4) is 0 Å². The third-order valence-corrected chi connectivity index (χ3v) is 2.74. The summed E-state index contributed by atoms with van der Waals surface area (Å²) in [6.07, 6.45) is 2.47. The topological polar surface area (TPSA) is 96.7 Å². The van der Waals surface area contributed by atoms with Crippen molar-refractivity contribution in [3.63, 3.8) is 0 Å². The molecule has 20 heavy (non-hydrogen) atoms. The Bertz CT molecular complexity index is 595. The van der Waals surface area contributed by atoms with Crippen LogP contribution in [0.4, 0.5) is 5.82 Å². The summed E-state index contributed by atoms with van der Waals surface area (Å²) in [6, 6.07) is 1.51. The standard InChI is InChI=1S/C12H16N4O4/c1-8(18)13-10-3-5-16(12(19)14-10)11-9(4-6-17)7-15(2)20-11/h3-5,11,17H,6-7H2,1-2H3,(H,13,14,18,19)/b9-4-. The number of anilines is 1. The van der Waals surface area contributed by atoms with E-state index >= 15 is 0 Å². The number of aliphatic hydroxyl groups excluding tert-OH is 1. The number of likely N-dealkylation sites (N-methyl/N-ethyl adjacent to an activating group) is 1. The van der Waals surface area contributed by atoms with Gasteiger partial charge in [-0.25, -0.2) is 4.79 Å². The van der Waals surface area contributed by atoms with Crippen molar-refractivity contribution in [2.45, 2.75) is 13.2 Å². The zero-order valence-electron chi connectivity index (χ0n) is 11.2. The lowest BCUT2D eigenvalue weighted by atomic mass is 10.2. The first-order valence-electron chi connectivity index (χ1n) is 6.05. The van der Waals surface area contributed by atoms with Crippen LogP contribution in [0.25, 0.3) is 0 Å². The number of aromatic nitrogens is 2. The third kappa shape index (κ3) is 3.10. The second-order valence-electron chi connectivity index (χ2n) is 4.39. The molecule has 1 amide bonds. The van der Waals surface area contributed by atoms with Crippen LogP contribution in [-0.4, -0.2) is 45.8 Å². The van der Waals surface area contributed by atoms with E-state index in [-0.39, 0.29) is 18.3 Å². The fourth-order valence-corrected chi connectivity index (χ4v) is 1.96. The van der Waals surface area contributed by atoms with Gasteiger partial charge in [0.15, 0.2) is 6.23 Å². The van der Waals surface area contributed by atoms with E-state index in [9.17, 15) is 9.59 Å². The first-order valence-corrected chi connectivity index (χ1v) is 6.05. The first kappa shape index (κ1) is 14.4. The van der Waals surface area contributed by atoms with E-state index < -0.39 is 11.9 Å². The van der Waals surface area contributed by atoms with Crippen molar-refractivity contribution in [3.8, 4) is 0 Å². The normalized spacial score (nSPS) is 21.4. The molecule has 0 aliphatic carbocycles. The quantitative estimate of drug-likeness (QED) is 0.724. The lowest BCUT2D eigenvalue weighted by molar-refractivity contribution is -0.149. The average Bonchev–Trinajstić information content (AvgIpc) is 2.70. The van der Waals surface area contributed by atoms with E-state index in [1.54, 1.807) is 18.2 Å². The number of carbonyl (C=O) groups is 1. The minimum Gasteiger partial charge on any atom is -0.392 e. The zero-order valence-corrected chi connectivity index (χ0v) is 11.2. The summed E-state index contributed by atoms with van der Waals surface area (Å²) in [5.41, 5.74) is 0.228. The molecule has 0 radical (unpaired) electrons. The second-order valence-corrected chi connectivity index (χ2v) is 4.39. The predicted octanol–water partition coefficient (Wildman–Crippen LogP) is -0.504. The maximum Gasteiger partial charge on any atom is 0.351 e. The Morgan fingerprint density at radius 2 is 2.45 bits per heavy atom. The van der Waals surface area contributed by atoms with Crippen molar-refractivity contribution in [1.29, 1.82) is 0 Å². The third-order valence-electron chi connectivity index (χ3n) is 2.74. The molecule has 2 heterocycles. The van der Waals surface area contributed by atoms with Crippen molar-refractivity contribution in [3.05, 3.63) is 34.4 Å². The number of aliphatic hydroxyl groups is 1. The monoisotopic (exact) mass is 280 g/mol. The maximum atomic E-state index is 12.0. The molecule has 1 aromatic rings. The Balaban J connectivity index is 2.31. The van der Waals surface area contributed by atoms with E-state index in [4.69, 9.17) is 9.94 Å². The molecule has 0 spiro atoms. The summed E-state index contributed by atoms with van der Waals surface area (Å²) in [5.74, 6) is -0.106. The van der Waals surface area contributed by atoms with Gasteiger partial charge < -0.3 is 10.4 Å². The number of carbonyl (C=O) groups excluding carboxylic acids is 1. The van der Waals surface area contributed by atoms with E-state index in [0.717, 1.165) is 5.57 Å². The molecule has 0 saturated carbocycles. The van der Waals surface area contributed by atoms with Gasteiger partial charge in [-0.05, 0) is 11.6 Å². The second kappa shape index (κ2) is 5.95. The molecular weight excluding hydrogens is 264 g/mol. The molecule has 2 N–H and O–H groups in total. The lowest BCUT2D eigenvalue weighted by Crippen LogP contribution is -2.28. The molecule has 8 heteroatoms. The van der Waals surface area contributed by atoms with Crippen molar-refractivity contribution in [2.75, 3.05) is 25.5 Å². The van der Waals surface area contributed by atoms with Gasteiger partial charge >= 0.3 is 5.69 Å². The lowest BCUT2D eigenvalue weighted by Gasteiger charge is -2.15. The summed E-state index contributed by atoms with van der Waals surface area (Å²) >= 11 is 0. The van der Waals surface area contributed by atoms with Gasteiger partial charge in [0.1, 0.15) is 5.82 Å². The predicted molar refractivity (Wildman–Crippen MR) is 70.7 cm³/mol. The Hall–Kier alpha value is -2.03. The molecule has 0 bridgehead atoms. The summed E-state index contributed by atoms with van der Waals surface area (Å²) in [4.78, 5) is 32.2. The van der Waals surface area contributed by atoms with Crippen molar-refractivity contribution >= 4 is 11.7 Å². The molecular formula is C12H16N4O4. The van der Waals surface area contributed by atoms with Crippen molar-refractivity contribution in [1.82, 2.24) is 14.6 Å². The van der Waals surface area contributed by atoms with Gasteiger partial charge in [-0.3, -0.25) is 14.2 Å². The van der Waals surface area contributed by atoms with Crippen LogP contribution in [0, 0.1) is 0 Å². The van der Waals surface area contributed by atoms with E-state index in [1.165, 1.54) is 23.8 Å². The molecule has 1 atom stereocenters. The van der Waals surface area contributed by atoms with Crippen LogP contribution in [0.15, 0.2) is 28.7 Å². The van der Waals surface area contributed by atoms with Crippen molar-refractivity contribution < 1.29 is 14.7 Å². The van der Waals surface area contributed by atoms with Gasteiger partial charge in [0, 0.05) is 26.7 Å². The van der Waals surface area contributed by atoms with E-state index in [1.807, 2.05) is 0 Å². The number of amides is 1. The largest absolute Gasteiger partial charge is 0.392 e. The Morgan fingerprint density at radius 1 is 1.70 bits per heavy atom. The smallest absolute Gasteiger partial charge is 0.351 e. The van der Waals surface area contributed by atoms with Crippen LogP contribution in [0.2, 0.25) is 0 Å². The fraction of sp³-hybridized carbons (Fsp3) is 0.417. The molecule has 1 aliphatic rings. The number of nitrogens with zero attached hydrogens (tertiary/aromatic N) is 3. The van der Waals surface area contributed by atoms with Crippen LogP contribution >= 0.6 is 0 Å². The Labute approximate surface area is 115 Å². The van der Waals surface area contributed by atoms with Crippen LogP contribution in [0.1, 0.15) is 13.2 Å². The summed E-state index contributed by atoms with van der Waals surface area (Å²) in [6.45, 7) is 1.70. The molecule has 1 fully saturated rings. The first-order chi connectivity index (χ1) is 9.51. The summed E-state index contributed by atoms with van der Waals surface area (Å²) in [7, 11) is 1.73. The highest BCUT2D eigenvalue weighted by molar-refractivity contribution is 5.87. The molecule has 1 saturated heterocycles. The zero-order chi connectivity index (χ0) is 14.7. The minimum absolute atomic E-state index is 0.130. The van der Waals surface area contributed by atoms with Crippen molar-refractivity contribution in [2.24, 2.45) is 0 Å². The van der Waals surface area contributed by atoms with Crippen LogP contribution < -0.4 is 11.0 Å². The molecule has 108 valence electrons. The summed E-state index contributed by atoms with van der Waals surface area (Å²) in [5, 5.41) is 13.0. The van der Waals surface area contributed by atoms with Crippen LogP contribution in [0.5, 0.6) is 0 Å².